The number of para-hydroxylation sites is 1. The van der Waals surface area contributed by atoms with E-state index in [1.165, 1.54) is 0 Å². The Kier molecular flexibility index (Phi) is 7.12. The van der Waals surface area contributed by atoms with Crippen molar-refractivity contribution in [1.29, 1.82) is 0 Å². The molecule has 0 saturated carbocycles. The van der Waals surface area contributed by atoms with Crippen LogP contribution in [0.4, 0.5) is 5.69 Å². The number of halogens is 1. The highest BCUT2D eigenvalue weighted by Gasteiger charge is 2.11. The van der Waals surface area contributed by atoms with Gasteiger partial charge in [-0.1, -0.05) is 65.8 Å². The summed E-state index contributed by atoms with van der Waals surface area (Å²) < 4.78 is 5.08. The SMILES string of the molecule is O=C(COC(=O)Cc1ccc(Cl)cc1)Nc1ccccc1Sc1ccccc1. The summed E-state index contributed by atoms with van der Waals surface area (Å²) in [6.45, 7) is -0.337. The second-order valence-electron chi connectivity index (χ2n) is 5.92. The molecule has 1 amide bonds. The third kappa shape index (κ3) is 6.15. The van der Waals surface area contributed by atoms with Gasteiger partial charge in [0.2, 0.25) is 0 Å². The standard InChI is InChI=1S/C22H18ClNO3S/c23-17-12-10-16(11-13-17)14-22(26)27-15-21(25)24-19-8-4-5-9-20(19)28-18-6-2-1-3-7-18/h1-13H,14-15H2,(H,24,25). The molecule has 4 nitrogen and oxygen atoms in total. The van der Waals surface area contributed by atoms with Crippen molar-refractivity contribution in [3.63, 3.8) is 0 Å². The van der Waals surface area contributed by atoms with Crippen LogP contribution in [0.1, 0.15) is 5.56 Å². The van der Waals surface area contributed by atoms with Gasteiger partial charge in [0.05, 0.1) is 12.1 Å². The zero-order valence-electron chi connectivity index (χ0n) is 14.9. The molecule has 0 bridgehead atoms. The van der Waals surface area contributed by atoms with Gasteiger partial charge in [0, 0.05) is 14.8 Å². The van der Waals surface area contributed by atoms with E-state index < -0.39 is 5.97 Å². The van der Waals surface area contributed by atoms with Gasteiger partial charge < -0.3 is 10.1 Å². The van der Waals surface area contributed by atoms with Gasteiger partial charge in [-0.2, -0.15) is 0 Å². The average molecular weight is 412 g/mol. The van der Waals surface area contributed by atoms with Gasteiger partial charge in [0.1, 0.15) is 0 Å². The molecule has 142 valence electrons. The first kappa shape index (κ1) is 20.0. The minimum absolute atomic E-state index is 0.0882. The summed E-state index contributed by atoms with van der Waals surface area (Å²) in [7, 11) is 0. The summed E-state index contributed by atoms with van der Waals surface area (Å²) >= 11 is 7.37. The lowest BCUT2D eigenvalue weighted by molar-refractivity contribution is -0.146. The van der Waals surface area contributed by atoms with E-state index in [-0.39, 0.29) is 18.9 Å². The lowest BCUT2D eigenvalue weighted by Gasteiger charge is -2.11. The summed E-state index contributed by atoms with van der Waals surface area (Å²) in [4.78, 5) is 26.1. The smallest absolute Gasteiger partial charge is 0.310 e. The van der Waals surface area contributed by atoms with E-state index in [1.807, 2.05) is 54.6 Å². The Balaban J connectivity index is 1.53. The molecular weight excluding hydrogens is 394 g/mol. The Morgan fingerprint density at radius 2 is 1.57 bits per heavy atom. The monoisotopic (exact) mass is 411 g/mol. The van der Waals surface area contributed by atoms with Crippen molar-refractivity contribution >= 4 is 40.9 Å². The largest absolute Gasteiger partial charge is 0.455 e. The molecule has 0 aliphatic carbocycles. The van der Waals surface area contributed by atoms with Gasteiger partial charge in [-0.15, -0.1) is 0 Å². The van der Waals surface area contributed by atoms with Crippen LogP contribution in [0.15, 0.2) is 88.7 Å². The number of carbonyl (C=O) groups is 2. The van der Waals surface area contributed by atoms with Crippen molar-refractivity contribution in [1.82, 2.24) is 0 Å². The molecule has 0 aliphatic heterocycles. The molecule has 28 heavy (non-hydrogen) atoms. The molecule has 0 unspecified atom stereocenters. The lowest BCUT2D eigenvalue weighted by atomic mass is 10.1. The van der Waals surface area contributed by atoms with Gasteiger partial charge in [0.25, 0.3) is 5.91 Å². The van der Waals surface area contributed by atoms with E-state index in [2.05, 4.69) is 5.32 Å². The molecular formula is C22H18ClNO3S. The molecule has 0 radical (unpaired) electrons. The van der Waals surface area contributed by atoms with E-state index in [4.69, 9.17) is 16.3 Å². The summed E-state index contributed by atoms with van der Waals surface area (Å²) in [5.74, 6) is -0.852. The molecule has 0 aliphatic rings. The normalized spacial score (nSPS) is 10.3. The number of hydrogen-bond acceptors (Lipinski definition) is 4. The van der Waals surface area contributed by atoms with Gasteiger partial charge in [0.15, 0.2) is 6.61 Å². The number of amides is 1. The summed E-state index contributed by atoms with van der Waals surface area (Å²) in [6, 6.07) is 24.3. The van der Waals surface area contributed by atoms with Crippen LogP contribution in [0.25, 0.3) is 0 Å². The van der Waals surface area contributed by atoms with Gasteiger partial charge in [-0.25, -0.2) is 0 Å². The third-order valence-corrected chi connectivity index (χ3v) is 5.09. The number of hydrogen-bond donors (Lipinski definition) is 1. The molecule has 3 rings (SSSR count). The Bertz CT molecular complexity index is 946. The molecule has 6 heteroatoms. The molecule has 0 atom stereocenters. The van der Waals surface area contributed by atoms with Crippen LogP contribution in [0.2, 0.25) is 5.02 Å². The second kappa shape index (κ2) is 9.97. The fraction of sp³-hybridized carbons (Fsp3) is 0.0909. The Labute approximate surface area is 172 Å². The van der Waals surface area contributed by atoms with E-state index in [9.17, 15) is 9.59 Å². The Morgan fingerprint density at radius 3 is 2.32 bits per heavy atom. The highest BCUT2D eigenvalue weighted by Crippen LogP contribution is 2.33. The highest BCUT2D eigenvalue weighted by atomic mass is 35.5. The van der Waals surface area contributed by atoms with Gasteiger partial charge >= 0.3 is 5.97 Å². The number of benzene rings is 3. The number of anilines is 1. The predicted octanol–water partition coefficient (Wildman–Crippen LogP) is 5.22. The fourth-order valence-electron chi connectivity index (χ4n) is 2.43. The maximum Gasteiger partial charge on any atom is 0.310 e. The predicted molar refractivity (Wildman–Crippen MR) is 112 cm³/mol. The molecule has 0 heterocycles. The van der Waals surface area contributed by atoms with Crippen molar-refractivity contribution < 1.29 is 14.3 Å². The second-order valence-corrected chi connectivity index (χ2v) is 7.48. The van der Waals surface area contributed by atoms with E-state index in [0.717, 1.165) is 15.4 Å². The number of rotatable bonds is 7. The molecule has 0 saturated heterocycles. The minimum Gasteiger partial charge on any atom is -0.455 e. The highest BCUT2D eigenvalue weighted by molar-refractivity contribution is 7.99. The van der Waals surface area contributed by atoms with Crippen LogP contribution in [0, 0.1) is 0 Å². The molecule has 1 N–H and O–H groups in total. The van der Waals surface area contributed by atoms with Crippen LogP contribution in [-0.2, 0) is 20.7 Å². The van der Waals surface area contributed by atoms with Crippen LogP contribution in [0.5, 0.6) is 0 Å². The van der Waals surface area contributed by atoms with Gasteiger partial charge in [-0.3, -0.25) is 9.59 Å². The summed E-state index contributed by atoms with van der Waals surface area (Å²) in [6.07, 6.45) is 0.0882. The maximum atomic E-state index is 12.2. The molecule has 0 aromatic heterocycles. The van der Waals surface area contributed by atoms with Crippen molar-refractivity contribution in [2.75, 3.05) is 11.9 Å². The number of carbonyl (C=O) groups excluding carboxylic acids is 2. The number of esters is 1. The molecule has 3 aromatic carbocycles. The third-order valence-electron chi connectivity index (χ3n) is 3.76. The quantitative estimate of drug-likeness (QED) is 0.542. The van der Waals surface area contributed by atoms with Crippen LogP contribution >= 0.6 is 23.4 Å². The van der Waals surface area contributed by atoms with Crippen molar-refractivity contribution in [2.45, 2.75) is 16.2 Å². The number of ether oxygens (including phenoxy) is 1. The summed E-state index contributed by atoms with van der Waals surface area (Å²) in [5, 5.41) is 3.40. The summed E-state index contributed by atoms with van der Waals surface area (Å²) in [5.41, 5.74) is 1.45. The zero-order chi connectivity index (χ0) is 19.8. The first-order chi connectivity index (χ1) is 13.6. The zero-order valence-corrected chi connectivity index (χ0v) is 16.5. The van der Waals surface area contributed by atoms with Crippen molar-refractivity contribution in [2.24, 2.45) is 0 Å². The molecule has 3 aromatic rings. The lowest BCUT2D eigenvalue weighted by Crippen LogP contribution is -2.21. The van der Waals surface area contributed by atoms with Gasteiger partial charge in [-0.05, 0) is 42.0 Å². The minimum atomic E-state index is -0.468. The van der Waals surface area contributed by atoms with E-state index in [1.54, 1.807) is 36.0 Å². The van der Waals surface area contributed by atoms with E-state index in [0.29, 0.717) is 10.7 Å². The first-order valence-corrected chi connectivity index (χ1v) is 9.81. The maximum absolute atomic E-state index is 12.2. The van der Waals surface area contributed by atoms with Crippen LogP contribution < -0.4 is 5.32 Å². The van der Waals surface area contributed by atoms with E-state index >= 15 is 0 Å². The first-order valence-electron chi connectivity index (χ1n) is 8.62. The molecule has 0 fully saturated rings. The molecule has 0 spiro atoms. The van der Waals surface area contributed by atoms with Crippen LogP contribution in [-0.4, -0.2) is 18.5 Å². The average Bonchev–Trinajstić information content (AvgIpc) is 2.70. The van der Waals surface area contributed by atoms with Crippen LogP contribution in [0.3, 0.4) is 0 Å². The van der Waals surface area contributed by atoms with Crippen molar-refractivity contribution in [3.8, 4) is 0 Å². The van der Waals surface area contributed by atoms with Crippen molar-refractivity contribution in [3.05, 3.63) is 89.4 Å². The Morgan fingerprint density at radius 1 is 0.893 bits per heavy atom. The topological polar surface area (TPSA) is 55.4 Å². The number of nitrogens with one attached hydrogen (secondary N) is 1. The fourth-order valence-corrected chi connectivity index (χ4v) is 3.48. The Hall–Kier alpha value is -2.76.